The molecule has 32 heavy (non-hydrogen) atoms. The number of hydrogen-bond donors (Lipinski definition) is 2. The Balaban J connectivity index is 1.60. The molecule has 0 amide bonds. The molecule has 11 heteroatoms. The van der Waals surface area contributed by atoms with E-state index >= 15 is 0 Å². The average Bonchev–Trinajstić information content (AvgIpc) is 2.75. The minimum Gasteiger partial charge on any atom is -0.378 e. The monoisotopic (exact) mass is 500 g/mol. The lowest BCUT2D eigenvalue weighted by Crippen LogP contribution is -2.45. The van der Waals surface area contributed by atoms with Crippen molar-refractivity contribution in [3.8, 4) is 0 Å². The highest BCUT2D eigenvalue weighted by molar-refractivity contribution is 7.87. The van der Waals surface area contributed by atoms with Gasteiger partial charge < -0.3 is 4.90 Å². The summed E-state index contributed by atoms with van der Waals surface area (Å²) in [6.07, 6.45) is 0.604. The lowest BCUT2D eigenvalue weighted by molar-refractivity contribution is 0.381. The van der Waals surface area contributed by atoms with Crippen LogP contribution < -0.4 is 13.9 Å². The highest BCUT2D eigenvalue weighted by atomic mass is 35.5. The molecule has 0 saturated heterocycles. The molecule has 2 atom stereocenters. The summed E-state index contributed by atoms with van der Waals surface area (Å²) in [6.45, 7) is 2.87. The molecule has 0 aromatic heterocycles. The number of halogens is 1. The summed E-state index contributed by atoms with van der Waals surface area (Å²) in [4.78, 5) is 1.94. The maximum absolute atomic E-state index is 12.8. The highest BCUT2D eigenvalue weighted by Crippen LogP contribution is 2.24. The van der Waals surface area contributed by atoms with Crippen LogP contribution in [0.2, 0.25) is 5.02 Å². The molecule has 2 aromatic carbocycles. The number of nitrogens with one attached hydrogen (secondary N) is 1. The zero-order valence-corrected chi connectivity index (χ0v) is 20.8. The second-order valence-electron chi connectivity index (χ2n) is 8.16. The summed E-state index contributed by atoms with van der Waals surface area (Å²) in [5.74, 6) is -0.203. The quantitative estimate of drug-likeness (QED) is 0.516. The van der Waals surface area contributed by atoms with Crippen molar-refractivity contribution in [3.05, 3.63) is 58.6 Å². The Morgan fingerprint density at radius 2 is 1.81 bits per heavy atom. The third kappa shape index (κ3) is 6.21. The fourth-order valence-electron chi connectivity index (χ4n) is 3.56. The van der Waals surface area contributed by atoms with E-state index < -0.39 is 21.5 Å². The van der Waals surface area contributed by atoms with Gasteiger partial charge in [0.25, 0.3) is 21.5 Å². The van der Waals surface area contributed by atoms with Crippen molar-refractivity contribution in [3.63, 3.8) is 0 Å². The van der Waals surface area contributed by atoms with Gasteiger partial charge in [0.15, 0.2) is 0 Å². The summed E-state index contributed by atoms with van der Waals surface area (Å²) in [7, 11) is 0.157. The van der Waals surface area contributed by atoms with E-state index in [1.807, 2.05) is 50.2 Å². The number of anilines is 2. The van der Waals surface area contributed by atoms with Gasteiger partial charge >= 0.3 is 0 Å². The highest BCUT2D eigenvalue weighted by Gasteiger charge is 2.27. The van der Waals surface area contributed by atoms with E-state index in [1.54, 1.807) is 18.2 Å². The first-order valence-corrected chi connectivity index (χ1v) is 13.1. The fourth-order valence-corrected chi connectivity index (χ4v) is 5.76. The fraction of sp³-hybridized carbons (Fsp3) is 0.429. The molecule has 0 spiro atoms. The third-order valence-corrected chi connectivity index (χ3v) is 7.91. The lowest BCUT2D eigenvalue weighted by Gasteiger charge is -2.29. The number of hydrogen-bond acceptors (Lipinski definition) is 4. The van der Waals surface area contributed by atoms with Crippen LogP contribution in [0.3, 0.4) is 0 Å². The maximum atomic E-state index is 12.8. The third-order valence-electron chi connectivity index (χ3n) is 5.42. The first-order valence-electron chi connectivity index (χ1n) is 10.2. The molecule has 1 aliphatic rings. The predicted octanol–water partition coefficient (Wildman–Crippen LogP) is 2.88. The minimum atomic E-state index is -3.68. The van der Waals surface area contributed by atoms with E-state index in [4.69, 9.17) is 11.6 Å². The Morgan fingerprint density at radius 3 is 2.44 bits per heavy atom. The van der Waals surface area contributed by atoms with Crippen LogP contribution in [0, 0.1) is 5.92 Å². The molecule has 8 nitrogen and oxygen atoms in total. The molecular weight excluding hydrogens is 472 g/mol. The summed E-state index contributed by atoms with van der Waals surface area (Å²) >= 11 is 3.80. The topological polar surface area (TPSA) is 93.2 Å². The molecule has 2 N–H and O–H groups in total. The summed E-state index contributed by atoms with van der Waals surface area (Å²) in [5, 5.41) is 0.647. The van der Waals surface area contributed by atoms with Crippen LogP contribution in [0.25, 0.3) is 0 Å². The van der Waals surface area contributed by atoms with E-state index in [9.17, 15) is 17.2 Å². The molecule has 1 unspecified atom stereocenters. The Kier molecular flexibility index (Phi) is 8.18. The largest absolute Gasteiger partial charge is 0.378 e. The van der Waals surface area contributed by atoms with Crippen molar-refractivity contribution in [1.29, 1.82) is 0 Å². The van der Waals surface area contributed by atoms with E-state index in [0.717, 1.165) is 16.8 Å². The molecule has 0 bridgehead atoms. The Morgan fingerprint density at radius 1 is 1.16 bits per heavy atom. The summed E-state index contributed by atoms with van der Waals surface area (Å²) < 4.78 is 52.7. The molecule has 1 heterocycles. The predicted molar refractivity (Wildman–Crippen MR) is 131 cm³/mol. The van der Waals surface area contributed by atoms with Gasteiger partial charge in [-0.2, -0.15) is 12.7 Å². The molecular formula is C21H29ClN4O4S2. The van der Waals surface area contributed by atoms with Crippen molar-refractivity contribution in [2.75, 3.05) is 42.9 Å². The van der Waals surface area contributed by atoms with Crippen LogP contribution in [-0.2, 0) is 34.4 Å². The number of rotatable bonds is 9. The second-order valence-corrected chi connectivity index (χ2v) is 11.3. The molecule has 0 saturated carbocycles. The van der Waals surface area contributed by atoms with Gasteiger partial charge in [0.1, 0.15) is 0 Å². The van der Waals surface area contributed by atoms with Gasteiger partial charge in [-0.05, 0) is 59.9 Å². The van der Waals surface area contributed by atoms with Crippen molar-refractivity contribution in [2.45, 2.75) is 19.9 Å². The molecule has 0 fully saturated rings. The van der Waals surface area contributed by atoms with Gasteiger partial charge in [-0.25, -0.2) is 8.93 Å². The Labute approximate surface area is 197 Å². The zero-order chi connectivity index (χ0) is 23.5. The van der Waals surface area contributed by atoms with Gasteiger partial charge in [-0.15, -0.1) is 0 Å². The average molecular weight is 501 g/mol. The van der Waals surface area contributed by atoms with Gasteiger partial charge in [-0.3, -0.25) is 8.86 Å². The van der Waals surface area contributed by atoms with E-state index in [2.05, 4.69) is 4.72 Å². The standard InChI is InChI=1S/C21H29ClN4O4S2/c1-16(14-26(31(27)28)21-8-6-20(7-9-21)24(2)3)13-23-32(29,30)25-11-10-17-12-19(22)5-4-18(17)15-25/h4-9,12,16,23H,10-11,13-15H2,1-3H3,(H,27,28)/t16-/m0/s1. The second kappa shape index (κ2) is 10.5. The van der Waals surface area contributed by atoms with Gasteiger partial charge in [0.05, 0.1) is 5.69 Å². The molecule has 1 aliphatic heterocycles. The SMILES string of the molecule is C[C@@H](CNS(=O)(=O)N1CCc2cc(Cl)ccc2C1)CN(c1ccc(N(C)C)cc1)S(=O)O. The molecule has 0 radical (unpaired) electrons. The summed E-state index contributed by atoms with van der Waals surface area (Å²) in [6, 6.07) is 12.8. The van der Waals surface area contributed by atoms with Crippen LogP contribution >= 0.6 is 11.6 Å². The van der Waals surface area contributed by atoms with Crippen molar-refractivity contribution >= 4 is 44.5 Å². The van der Waals surface area contributed by atoms with Crippen LogP contribution in [0.4, 0.5) is 11.4 Å². The van der Waals surface area contributed by atoms with Crippen molar-refractivity contribution in [2.24, 2.45) is 5.92 Å². The molecule has 2 aromatic rings. The number of benzene rings is 2. The van der Waals surface area contributed by atoms with Crippen molar-refractivity contribution in [1.82, 2.24) is 9.03 Å². The van der Waals surface area contributed by atoms with Crippen LogP contribution in [0.1, 0.15) is 18.1 Å². The van der Waals surface area contributed by atoms with Gasteiger partial charge in [-0.1, -0.05) is 24.6 Å². The maximum Gasteiger partial charge on any atom is 0.279 e. The van der Waals surface area contributed by atoms with Gasteiger partial charge in [0.2, 0.25) is 0 Å². The van der Waals surface area contributed by atoms with Crippen LogP contribution in [-0.4, -0.2) is 55.2 Å². The molecule has 3 rings (SSSR count). The van der Waals surface area contributed by atoms with E-state index in [1.165, 1.54) is 8.61 Å². The summed E-state index contributed by atoms with van der Waals surface area (Å²) in [5.41, 5.74) is 3.59. The molecule has 0 aliphatic carbocycles. The smallest absolute Gasteiger partial charge is 0.279 e. The zero-order valence-electron chi connectivity index (χ0n) is 18.4. The molecule has 176 valence electrons. The lowest BCUT2D eigenvalue weighted by atomic mass is 10.0. The van der Waals surface area contributed by atoms with E-state index in [0.29, 0.717) is 30.2 Å². The number of nitrogens with zero attached hydrogens (tertiary/aromatic N) is 3. The Bertz CT molecular complexity index is 1060. The minimum absolute atomic E-state index is 0.149. The van der Waals surface area contributed by atoms with Crippen LogP contribution in [0.15, 0.2) is 42.5 Å². The van der Waals surface area contributed by atoms with Crippen LogP contribution in [0.5, 0.6) is 0 Å². The first kappa shape index (κ1) is 24.9. The normalized spacial score (nSPS) is 16.3. The van der Waals surface area contributed by atoms with Gasteiger partial charge in [0, 0.05) is 51.0 Å². The van der Waals surface area contributed by atoms with E-state index in [-0.39, 0.29) is 19.0 Å². The number of fused-ring (bicyclic) bond motifs is 1. The van der Waals surface area contributed by atoms with Crippen molar-refractivity contribution < 1.29 is 17.2 Å². The first-order chi connectivity index (χ1) is 15.1. The Hall–Kier alpha value is -1.69.